The van der Waals surface area contributed by atoms with Crippen molar-refractivity contribution < 1.29 is 0 Å². The number of benzene rings is 1. The van der Waals surface area contributed by atoms with E-state index in [0.29, 0.717) is 0 Å². The van der Waals surface area contributed by atoms with Gasteiger partial charge in [0.1, 0.15) is 0 Å². The fraction of sp³-hybridized carbons (Fsp3) is 0.222. The van der Waals surface area contributed by atoms with Gasteiger partial charge in [-0.05, 0) is 49.3 Å². The van der Waals surface area contributed by atoms with Crippen molar-refractivity contribution in [1.82, 2.24) is 0 Å². The predicted octanol–water partition coefficient (Wildman–Crippen LogP) is 2.62. The molecule has 12 heavy (non-hydrogen) atoms. The summed E-state index contributed by atoms with van der Waals surface area (Å²) < 4.78 is 0. The summed E-state index contributed by atoms with van der Waals surface area (Å²) in [6.45, 7) is 3.91. The van der Waals surface area contributed by atoms with E-state index in [1.165, 1.54) is 0 Å². The molecule has 0 spiro atoms. The van der Waals surface area contributed by atoms with Crippen LogP contribution in [0.1, 0.15) is 11.1 Å². The van der Waals surface area contributed by atoms with Gasteiger partial charge in [-0.1, -0.05) is 0 Å². The van der Waals surface area contributed by atoms with Crippen LogP contribution in [0.2, 0.25) is 0 Å². The first-order valence-corrected chi connectivity index (χ1v) is 4.00. The molecule has 0 aliphatic rings. The summed E-state index contributed by atoms with van der Waals surface area (Å²) >= 11 is 4.54. The first kappa shape index (κ1) is 8.91. The van der Waals surface area contributed by atoms with Gasteiger partial charge in [-0.25, -0.2) is 0 Å². The van der Waals surface area contributed by atoms with Gasteiger partial charge in [0.2, 0.25) is 0 Å². The summed E-state index contributed by atoms with van der Waals surface area (Å²) in [5.41, 5.74) is 9.33. The minimum atomic E-state index is 0.758. The van der Waals surface area contributed by atoms with E-state index in [0.717, 1.165) is 22.5 Å². The molecule has 2 N–H and O–H groups in total. The van der Waals surface area contributed by atoms with E-state index in [1.54, 1.807) is 0 Å². The highest BCUT2D eigenvalue weighted by Gasteiger charge is 2.00. The summed E-state index contributed by atoms with van der Waals surface area (Å²) in [6.07, 6.45) is 0. The number of hydrogen-bond donors (Lipinski definition) is 1. The lowest BCUT2D eigenvalue weighted by Crippen LogP contribution is -1.88. The van der Waals surface area contributed by atoms with Crippen molar-refractivity contribution in [2.45, 2.75) is 13.8 Å². The summed E-state index contributed by atoms with van der Waals surface area (Å²) in [4.78, 5) is 3.96. The lowest BCUT2D eigenvalue weighted by atomic mass is 10.1. The van der Waals surface area contributed by atoms with E-state index >= 15 is 0 Å². The minimum Gasteiger partial charge on any atom is -0.399 e. The molecule has 0 aliphatic heterocycles. The van der Waals surface area contributed by atoms with Gasteiger partial charge in [-0.15, -0.1) is 0 Å². The molecule has 0 aliphatic carbocycles. The zero-order valence-corrected chi connectivity index (χ0v) is 7.90. The Morgan fingerprint density at radius 1 is 1.33 bits per heavy atom. The highest BCUT2D eigenvalue weighted by atomic mass is 32.1. The zero-order chi connectivity index (χ0) is 9.14. The molecule has 3 heteroatoms. The Morgan fingerprint density at radius 2 is 1.83 bits per heavy atom. The second-order valence-corrected chi connectivity index (χ2v) is 2.89. The molecular weight excluding hydrogens is 168 g/mol. The van der Waals surface area contributed by atoms with Crippen LogP contribution in [0, 0.1) is 13.8 Å². The maximum Gasteiger partial charge on any atom is 0.0799 e. The third-order valence-electron chi connectivity index (χ3n) is 1.67. The SMILES string of the molecule is Cc1cc(N)cc(C)c1N=C=S. The number of nitrogen functional groups attached to an aromatic ring is 1. The van der Waals surface area contributed by atoms with E-state index in [4.69, 9.17) is 5.73 Å². The Bertz CT molecular complexity index is 329. The topological polar surface area (TPSA) is 38.4 Å². The number of isothiocyanates is 1. The fourth-order valence-corrected chi connectivity index (χ4v) is 1.30. The van der Waals surface area contributed by atoms with Gasteiger partial charge in [-0.2, -0.15) is 4.99 Å². The third-order valence-corrected chi connectivity index (χ3v) is 1.76. The summed E-state index contributed by atoms with van der Waals surface area (Å²) in [5.74, 6) is 0. The summed E-state index contributed by atoms with van der Waals surface area (Å²) in [7, 11) is 0. The van der Waals surface area contributed by atoms with Crippen molar-refractivity contribution >= 4 is 28.8 Å². The Hall–Kier alpha value is -1.18. The predicted molar refractivity (Wildman–Crippen MR) is 55.0 cm³/mol. The average molecular weight is 178 g/mol. The second-order valence-electron chi connectivity index (χ2n) is 2.71. The van der Waals surface area contributed by atoms with Gasteiger partial charge in [-0.3, -0.25) is 0 Å². The first-order chi connectivity index (χ1) is 5.65. The van der Waals surface area contributed by atoms with Crippen LogP contribution in [0.15, 0.2) is 17.1 Å². The number of nitrogens with two attached hydrogens (primary N) is 1. The molecule has 0 atom stereocenters. The maximum absolute atomic E-state index is 5.64. The van der Waals surface area contributed by atoms with Crippen molar-refractivity contribution in [3.8, 4) is 0 Å². The molecule has 0 bridgehead atoms. The second kappa shape index (κ2) is 3.48. The van der Waals surface area contributed by atoms with Crippen LogP contribution in [0.5, 0.6) is 0 Å². The minimum absolute atomic E-state index is 0.758. The molecule has 1 rings (SSSR count). The number of aliphatic imine (C=N–C) groups is 1. The normalized spacial score (nSPS) is 9.17. The smallest absolute Gasteiger partial charge is 0.0799 e. The summed E-state index contributed by atoms with van der Waals surface area (Å²) in [5, 5.41) is 2.35. The number of nitrogens with zero attached hydrogens (tertiary/aromatic N) is 1. The van der Waals surface area contributed by atoms with E-state index in [-0.39, 0.29) is 0 Å². The molecule has 0 saturated heterocycles. The van der Waals surface area contributed by atoms with E-state index in [1.807, 2.05) is 26.0 Å². The number of aryl methyl sites for hydroxylation is 2. The number of thiocarbonyl (C=S) groups is 1. The Morgan fingerprint density at radius 3 is 2.25 bits per heavy atom. The number of anilines is 1. The van der Waals surface area contributed by atoms with Crippen LogP contribution in [0.4, 0.5) is 11.4 Å². The molecule has 0 radical (unpaired) electrons. The van der Waals surface area contributed by atoms with Crippen LogP contribution >= 0.6 is 12.2 Å². The third kappa shape index (κ3) is 1.70. The largest absolute Gasteiger partial charge is 0.399 e. The highest BCUT2D eigenvalue weighted by molar-refractivity contribution is 7.78. The molecule has 0 amide bonds. The first-order valence-electron chi connectivity index (χ1n) is 3.59. The lowest BCUT2D eigenvalue weighted by molar-refractivity contribution is 1.34. The van der Waals surface area contributed by atoms with Gasteiger partial charge < -0.3 is 5.73 Å². The zero-order valence-electron chi connectivity index (χ0n) is 7.09. The Balaban J connectivity index is 3.37. The molecule has 1 aromatic rings. The van der Waals surface area contributed by atoms with Gasteiger partial charge in [0.25, 0.3) is 0 Å². The van der Waals surface area contributed by atoms with Gasteiger partial charge in [0.05, 0.1) is 10.8 Å². The van der Waals surface area contributed by atoms with Crippen LogP contribution in [-0.4, -0.2) is 5.16 Å². The lowest BCUT2D eigenvalue weighted by Gasteiger charge is -2.03. The quantitative estimate of drug-likeness (QED) is 0.408. The average Bonchev–Trinajstić information content (AvgIpc) is 1.96. The molecule has 1 aromatic carbocycles. The Labute approximate surface area is 77.1 Å². The van der Waals surface area contributed by atoms with Crippen molar-refractivity contribution in [2.24, 2.45) is 4.99 Å². The van der Waals surface area contributed by atoms with E-state index in [9.17, 15) is 0 Å². The molecule has 0 unspecified atom stereocenters. The maximum atomic E-state index is 5.64. The van der Waals surface area contributed by atoms with Gasteiger partial charge in [0, 0.05) is 5.69 Å². The molecule has 0 fully saturated rings. The van der Waals surface area contributed by atoms with Crippen LogP contribution in [0.3, 0.4) is 0 Å². The summed E-state index contributed by atoms with van der Waals surface area (Å²) in [6, 6.07) is 3.75. The standard InChI is InChI=1S/C9H10N2S/c1-6-3-8(10)4-7(2)9(6)11-5-12/h3-4H,10H2,1-2H3. The molecular formula is C9H10N2S. The Kier molecular flexibility index (Phi) is 2.58. The van der Waals surface area contributed by atoms with Crippen molar-refractivity contribution in [1.29, 1.82) is 0 Å². The number of rotatable bonds is 1. The molecule has 0 saturated carbocycles. The van der Waals surface area contributed by atoms with Crippen LogP contribution in [0.25, 0.3) is 0 Å². The molecule has 2 nitrogen and oxygen atoms in total. The molecule has 0 aromatic heterocycles. The van der Waals surface area contributed by atoms with Crippen LogP contribution < -0.4 is 5.73 Å². The number of hydrogen-bond acceptors (Lipinski definition) is 3. The van der Waals surface area contributed by atoms with E-state index in [2.05, 4.69) is 22.4 Å². The van der Waals surface area contributed by atoms with Crippen LogP contribution in [-0.2, 0) is 0 Å². The fourth-order valence-electron chi connectivity index (χ4n) is 1.21. The van der Waals surface area contributed by atoms with Crippen molar-refractivity contribution in [3.63, 3.8) is 0 Å². The van der Waals surface area contributed by atoms with Crippen molar-refractivity contribution in [2.75, 3.05) is 5.73 Å². The monoisotopic (exact) mass is 178 g/mol. The van der Waals surface area contributed by atoms with Gasteiger partial charge in [0.15, 0.2) is 0 Å². The molecule has 62 valence electrons. The van der Waals surface area contributed by atoms with Gasteiger partial charge >= 0.3 is 0 Å². The van der Waals surface area contributed by atoms with E-state index < -0.39 is 0 Å². The molecule has 0 heterocycles. The van der Waals surface area contributed by atoms with Crippen molar-refractivity contribution in [3.05, 3.63) is 23.3 Å². The highest BCUT2D eigenvalue weighted by Crippen LogP contribution is 2.25.